The molecule has 0 aliphatic rings. The van der Waals surface area contributed by atoms with Crippen molar-refractivity contribution in [2.45, 2.75) is 26.1 Å². The van der Waals surface area contributed by atoms with Gasteiger partial charge in [0.1, 0.15) is 17.4 Å². The van der Waals surface area contributed by atoms with Gasteiger partial charge in [-0.25, -0.2) is 0 Å². The molecule has 3 nitrogen and oxygen atoms in total. The zero-order valence-electron chi connectivity index (χ0n) is 9.42. The molecule has 3 heteroatoms. The second-order valence-electron chi connectivity index (χ2n) is 3.89. The van der Waals surface area contributed by atoms with E-state index in [-0.39, 0.29) is 6.10 Å². The van der Waals surface area contributed by atoms with Crippen LogP contribution < -0.4 is 4.74 Å². The van der Waals surface area contributed by atoms with E-state index in [9.17, 15) is 5.11 Å². The van der Waals surface area contributed by atoms with Gasteiger partial charge in [-0.05, 0) is 26.0 Å². The van der Waals surface area contributed by atoms with Crippen molar-refractivity contribution < 1.29 is 9.84 Å². The highest BCUT2D eigenvalue weighted by Crippen LogP contribution is 2.24. The third-order valence-corrected chi connectivity index (χ3v) is 2.59. The SMILES string of the molecule is CC(O)C(C)Oc1cccc2cccnc12. The van der Waals surface area contributed by atoms with Gasteiger partial charge in [-0.2, -0.15) is 0 Å². The molecule has 1 aromatic carbocycles. The number of rotatable bonds is 3. The molecular formula is C13H15NO2. The molecule has 16 heavy (non-hydrogen) atoms. The lowest BCUT2D eigenvalue weighted by atomic mass is 10.2. The maximum atomic E-state index is 9.41. The van der Waals surface area contributed by atoms with Gasteiger partial charge in [0.25, 0.3) is 0 Å². The number of pyridine rings is 1. The van der Waals surface area contributed by atoms with Crippen LogP contribution in [-0.2, 0) is 0 Å². The van der Waals surface area contributed by atoms with Crippen LogP contribution in [0.3, 0.4) is 0 Å². The van der Waals surface area contributed by atoms with Crippen molar-refractivity contribution >= 4 is 10.9 Å². The zero-order valence-corrected chi connectivity index (χ0v) is 9.42. The zero-order chi connectivity index (χ0) is 11.5. The van der Waals surface area contributed by atoms with Crippen LogP contribution in [-0.4, -0.2) is 22.3 Å². The Labute approximate surface area is 94.7 Å². The minimum Gasteiger partial charge on any atom is -0.486 e. The lowest BCUT2D eigenvalue weighted by Gasteiger charge is -2.17. The maximum Gasteiger partial charge on any atom is 0.146 e. The van der Waals surface area contributed by atoms with Crippen LogP contribution >= 0.6 is 0 Å². The Hall–Kier alpha value is -1.61. The van der Waals surface area contributed by atoms with Crippen molar-refractivity contribution in [2.24, 2.45) is 0 Å². The van der Waals surface area contributed by atoms with Crippen LogP contribution in [0.4, 0.5) is 0 Å². The summed E-state index contributed by atoms with van der Waals surface area (Å²) in [6.07, 6.45) is 0.994. The lowest BCUT2D eigenvalue weighted by Crippen LogP contribution is -2.25. The summed E-state index contributed by atoms with van der Waals surface area (Å²) >= 11 is 0. The minimum absolute atomic E-state index is 0.243. The third kappa shape index (κ3) is 2.14. The molecule has 1 aromatic heterocycles. The molecule has 2 rings (SSSR count). The van der Waals surface area contributed by atoms with Gasteiger partial charge in [-0.15, -0.1) is 0 Å². The largest absolute Gasteiger partial charge is 0.486 e. The Bertz CT molecular complexity index is 477. The number of nitrogens with zero attached hydrogens (tertiary/aromatic N) is 1. The number of fused-ring (bicyclic) bond motifs is 1. The number of ether oxygens (including phenoxy) is 1. The highest BCUT2D eigenvalue weighted by Gasteiger charge is 2.12. The number of para-hydroxylation sites is 1. The number of benzene rings is 1. The quantitative estimate of drug-likeness (QED) is 0.858. The van der Waals surface area contributed by atoms with Crippen LogP contribution in [0.25, 0.3) is 10.9 Å². The van der Waals surface area contributed by atoms with Crippen molar-refractivity contribution in [3.05, 3.63) is 36.5 Å². The summed E-state index contributed by atoms with van der Waals surface area (Å²) < 4.78 is 5.68. The number of hydrogen-bond acceptors (Lipinski definition) is 3. The van der Waals surface area contributed by atoms with Crippen molar-refractivity contribution in [2.75, 3.05) is 0 Å². The molecule has 0 radical (unpaired) electrons. The standard InChI is InChI=1S/C13H15NO2/c1-9(15)10(2)16-12-7-3-5-11-6-4-8-14-13(11)12/h3-10,15H,1-2H3. The Kier molecular flexibility index (Phi) is 3.06. The summed E-state index contributed by atoms with van der Waals surface area (Å²) in [6.45, 7) is 3.55. The van der Waals surface area contributed by atoms with Crippen molar-refractivity contribution in [3.8, 4) is 5.75 Å². The molecular weight excluding hydrogens is 202 g/mol. The number of aromatic nitrogens is 1. The van der Waals surface area contributed by atoms with Gasteiger partial charge in [-0.3, -0.25) is 4.98 Å². The average molecular weight is 217 g/mol. The van der Waals surface area contributed by atoms with Gasteiger partial charge in [0.2, 0.25) is 0 Å². The molecule has 1 heterocycles. The van der Waals surface area contributed by atoms with E-state index in [0.29, 0.717) is 5.75 Å². The Morgan fingerprint density at radius 3 is 2.69 bits per heavy atom. The van der Waals surface area contributed by atoms with E-state index in [1.807, 2.05) is 37.3 Å². The molecule has 0 fully saturated rings. The van der Waals surface area contributed by atoms with E-state index >= 15 is 0 Å². The monoisotopic (exact) mass is 217 g/mol. The van der Waals surface area contributed by atoms with Crippen molar-refractivity contribution in [3.63, 3.8) is 0 Å². The average Bonchev–Trinajstić information content (AvgIpc) is 2.29. The highest BCUT2D eigenvalue weighted by molar-refractivity contribution is 5.84. The first-order valence-corrected chi connectivity index (χ1v) is 5.37. The summed E-state index contributed by atoms with van der Waals surface area (Å²) in [6, 6.07) is 9.66. The summed E-state index contributed by atoms with van der Waals surface area (Å²) in [7, 11) is 0. The van der Waals surface area contributed by atoms with Gasteiger partial charge < -0.3 is 9.84 Å². The van der Waals surface area contributed by atoms with Crippen molar-refractivity contribution in [1.29, 1.82) is 0 Å². The summed E-state index contributed by atoms with van der Waals surface area (Å²) in [5.74, 6) is 0.714. The number of aliphatic hydroxyl groups is 1. The predicted octanol–water partition coefficient (Wildman–Crippen LogP) is 2.38. The molecule has 84 valence electrons. The topological polar surface area (TPSA) is 42.4 Å². The first kappa shape index (κ1) is 10.9. The van der Waals surface area contributed by atoms with Crippen LogP contribution in [0.1, 0.15) is 13.8 Å². The fourth-order valence-electron chi connectivity index (χ4n) is 1.47. The number of aliphatic hydroxyl groups excluding tert-OH is 1. The maximum absolute atomic E-state index is 9.41. The summed E-state index contributed by atoms with van der Waals surface area (Å²) in [5.41, 5.74) is 0.831. The highest BCUT2D eigenvalue weighted by atomic mass is 16.5. The Morgan fingerprint density at radius 1 is 1.19 bits per heavy atom. The first-order valence-electron chi connectivity index (χ1n) is 5.37. The van der Waals surface area contributed by atoms with E-state index < -0.39 is 6.10 Å². The fraction of sp³-hybridized carbons (Fsp3) is 0.308. The summed E-state index contributed by atoms with van der Waals surface area (Å²) in [4.78, 5) is 4.29. The lowest BCUT2D eigenvalue weighted by molar-refractivity contribution is 0.0613. The van der Waals surface area contributed by atoms with Gasteiger partial charge in [-0.1, -0.05) is 18.2 Å². The molecule has 1 N–H and O–H groups in total. The van der Waals surface area contributed by atoms with Gasteiger partial charge in [0, 0.05) is 11.6 Å². The smallest absolute Gasteiger partial charge is 0.146 e. The van der Waals surface area contributed by atoms with Crippen molar-refractivity contribution in [1.82, 2.24) is 4.98 Å². The molecule has 0 saturated carbocycles. The van der Waals surface area contributed by atoms with E-state index in [1.165, 1.54) is 0 Å². The van der Waals surface area contributed by atoms with Crippen LogP contribution in [0.5, 0.6) is 5.75 Å². The normalized spacial score (nSPS) is 14.7. The fourth-order valence-corrected chi connectivity index (χ4v) is 1.47. The summed E-state index contributed by atoms with van der Waals surface area (Å²) in [5, 5.41) is 10.4. The van der Waals surface area contributed by atoms with Crippen LogP contribution in [0.2, 0.25) is 0 Å². The Morgan fingerprint density at radius 2 is 1.94 bits per heavy atom. The number of hydrogen-bond donors (Lipinski definition) is 1. The van der Waals surface area contributed by atoms with E-state index in [0.717, 1.165) is 10.9 Å². The van der Waals surface area contributed by atoms with Gasteiger partial charge in [0.05, 0.1) is 6.10 Å². The van der Waals surface area contributed by atoms with Crippen LogP contribution in [0, 0.1) is 0 Å². The predicted molar refractivity (Wildman–Crippen MR) is 63.5 cm³/mol. The third-order valence-electron chi connectivity index (χ3n) is 2.59. The van der Waals surface area contributed by atoms with Gasteiger partial charge in [0.15, 0.2) is 0 Å². The second-order valence-corrected chi connectivity index (χ2v) is 3.89. The molecule has 2 atom stereocenters. The molecule has 2 aromatic rings. The molecule has 0 amide bonds. The second kappa shape index (κ2) is 4.49. The van der Waals surface area contributed by atoms with E-state index in [4.69, 9.17) is 4.74 Å². The molecule has 0 spiro atoms. The molecule has 0 aliphatic heterocycles. The van der Waals surface area contributed by atoms with Crippen LogP contribution in [0.15, 0.2) is 36.5 Å². The molecule has 0 bridgehead atoms. The van der Waals surface area contributed by atoms with Gasteiger partial charge >= 0.3 is 0 Å². The molecule has 2 unspecified atom stereocenters. The molecule has 0 saturated heterocycles. The molecule has 0 aliphatic carbocycles. The van der Waals surface area contributed by atoms with E-state index in [2.05, 4.69) is 4.98 Å². The Balaban J connectivity index is 2.37. The first-order chi connectivity index (χ1) is 7.68. The van der Waals surface area contributed by atoms with E-state index in [1.54, 1.807) is 13.1 Å². The minimum atomic E-state index is -0.501.